The van der Waals surface area contributed by atoms with Gasteiger partial charge < -0.3 is 19.4 Å². The summed E-state index contributed by atoms with van der Waals surface area (Å²) in [6, 6.07) is 7.39. The second kappa shape index (κ2) is 9.94. The van der Waals surface area contributed by atoms with Gasteiger partial charge in [0.05, 0.1) is 18.6 Å². The molecule has 0 aliphatic heterocycles. The maximum Gasteiger partial charge on any atom is 0.236 e. The van der Waals surface area contributed by atoms with Crippen molar-refractivity contribution in [1.29, 1.82) is 0 Å². The Morgan fingerprint density at radius 2 is 1.93 bits per heavy atom. The molecule has 3 rings (SSSR count). The number of hydrogen-bond donors (Lipinski definition) is 1. The average Bonchev–Trinajstić information content (AvgIpc) is 3.29. The van der Waals surface area contributed by atoms with Gasteiger partial charge in [0.2, 0.25) is 5.91 Å². The number of hydrogen-bond acceptors (Lipinski definition) is 8. The molecule has 160 valence electrons. The maximum atomic E-state index is 12.3. The van der Waals surface area contributed by atoms with Gasteiger partial charge in [-0.3, -0.25) is 4.79 Å². The van der Waals surface area contributed by atoms with E-state index in [1.165, 1.54) is 23.1 Å². The Labute approximate surface area is 184 Å². The Morgan fingerprint density at radius 1 is 1.23 bits per heavy atom. The average molecular weight is 448 g/mol. The minimum absolute atomic E-state index is 0.122. The summed E-state index contributed by atoms with van der Waals surface area (Å²) in [6.45, 7) is 8.52. The zero-order valence-corrected chi connectivity index (χ0v) is 19.3. The third kappa shape index (κ3) is 5.31. The number of amides is 1. The van der Waals surface area contributed by atoms with Gasteiger partial charge in [-0.1, -0.05) is 11.8 Å². The maximum absolute atomic E-state index is 12.3. The first-order valence-electron chi connectivity index (χ1n) is 9.51. The van der Waals surface area contributed by atoms with E-state index in [2.05, 4.69) is 20.5 Å². The molecule has 2 aromatic heterocycles. The molecule has 3 aromatic rings. The molecule has 0 spiro atoms. The van der Waals surface area contributed by atoms with Crippen LogP contribution in [0.5, 0.6) is 11.5 Å². The van der Waals surface area contributed by atoms with E-state index < -0.39 is 0 Å². The molecule has 1 atom stereocenters. The first kappa shape index (κ1) is 22.1. The van der Waals surface area contributed by atoms with Crippen LogP contribution in [-0.4, -0.2) is 38.5 Å². The number of thioether (sulfide) groups is 1. The van der Waals surface area contributed by atoms with Crippen molar-refractivity contribution in [2.24, 2.45) is 0 Å². The van der Waals surface area contributed by atoms with Crippen LogP contribution in [0.2, 0.25) is 0 Å². The van der Waals surface area contributed by atoms with Crippen LogP contribution in [0, 0.1) is 13.8 Å². The smallest absolute Gasteiger partial charge is 0.236 e. The zero-order chi connectivity index (χ0) is 21.7. The Morgan fingerprint density at radius 3 is 2.53 bits per heavy atom. The molecule has 30 heavy (non-hydrogen) atoms. The van der Waals surface area contributed by atoms with Crippen molar-refractivity contribution in [3.63, 3.8) is 0 Å². The third-order valence-corrected chi connectivity index (χ3v) is 6.36. The second-order valence-corrected chi connectivity index (χ2v) is 8.66. The summed E-state index contributed by atoms with van der Waals surface area (Å²) < 4.78 is 13.1. The summed E-state index contributed by atoms with van der Waals surface area (Å²) >= 11 is 2.81. The molecule has 0 bridgehead atoms. The van der Waals surface area contributed by atoms with Crippen molar-refractivity contribution >= 4 is 34.1 Å². The molecule has 1 unspecified atom stereocenters. The van der Waals surface area contributed by atoms with Crippen LogP contribution in [0.3, 0.4) is 0 Å². The van der Waals surface area contributed by atoms with Gasteiger partial charge in [0.1, 0.15) is 11.5 Å². The number of anilines is 1. The predicted octanol–water partition coefficient (Wildman–Crippen LogP) is 4.25. The van der Waals surface area contributed by atoms with Crippen LogP contribution < -0.4 is 14.8 Å². The molecule has 2 heterocycles. The minimum atomic E-state index is -0.296. The lowest BCUT2D eigenvalue weighted by Gasteiger charge is -2.15. The number of carbonyl (C=O) groups excluding carboxylic acids is 1. The lowest BCUT2D eigenvalue weighted by Crippen LogP contribution is -2.15. The highest BCUT2D eigenvalue weighted by atomic mass is 32.2. The van der Waals surface area contributed by atoms with Gasteiger partial charge in [-0.05, 0) is 52.0 Å². The number of aromatic nitrogens is 4. The molecule has 0 radical (unpaired) electrons. The van der Waals surface area contributed by atoms with Crippen LogP contribution >= 0.6 is 23.1 Å². The van der Waals surface area contributed by atoms with Gasteiger partial charge in [0.25, 0.3) is 0 Å². The summed E-state index contributed by atoms with van der Waals surface area (Å²) in [5, 5.41) is 12.7. The normalized spacial score (nSPS) is 11.9. The van der Waals surface area contributed by atoms with Crippen LogP contribution in [-0.2, 0) is 11.3 Å². The Hall–Kier alpha value is -2.59. The van der Waals surface area contributed by atoms with Crippen molar-refractivity contribution in [2.45, 2.75) is 45.5 Å². The van der Waals surface area contributed by atoms with Gasteiger partial charge in [-0.2, -0.15) is 0 Å². The van der Waals surface area contributed by atoms with Gasteiger partial charge in [0, 0.05) is 11.4 Å². The van der Waals surface area contributed by atoms with E-state index in [9.17, 15) is 4.79 Å². The summed E-state index contributed by atoms with van der Waals surface area (Å²) in [7, 11) is 1.63. The van der Waals surface area contributed by atoms with Crippen LogP contribution in [0.25, 0.3) is 0 Å². The summed E-state index contributed by atoms with van der Waals surface area (Å²) in [5.74, 6) is 2.30. The molecule has 0 aliphatic carbocycles. The SMILES string of the molecule is CCn1c(SCC(=O)Nc2nc(C)c(C)s2)nnc1C(C)Oc1ccc(OC)cc1. The van der Waals surface area contributed by atoms with Crippen molar-refractivity contribution in [3.05, 3.63) is 40.7 Å². The van der Waals surface area contributed by atoms with E-state index in [1.807, 2.05) is 56.5 Å². The monoisotopic (exact) mass is 447 g/mol. The highest BCUT2D eigenvalue weighted by Gasteiger charge is 2.20. The molecule has 1 amide bonds. The van der Waals surface area contributed by atoms with Crippen LogP contribution in [0.4, 0.5) is 5.13 Å². The Kier molecular flexibility index (Phi) is 7.33. The molecule has 0 fully saturated rings. The zero-order valence-electron chi connectivity index (χ0n) is 17.6. The first-order valence-corrected chi connectivity index (χ1v) is 11.3. The van der Waals surface area contributed by atoms with E-state index in [0.717, 1.165) is 22.1 Å². The Balaban J connectivity index is 1.61. The number of thiazole rings is 1. The molecular formula is C20H25N5O3S2. The number of nitrogens with one attached hydrogen (secondary N) is 1. The molecule has 1 aromatic carbocycles. The van der Waals surface area contributed by atoms with Crippen LogP contribution in [0.15, 0.2) is 29.4 Å². The summed E-state index contributed by atoms with van der Waals surface area (Å²) in [4.78, 5) is 17.7. The molecule has 1 N–H and O–H groups in total. The lowest BCUT2D eigenvalue weighted by atomic mass is 10.3. The minimum Gasteiger partial charge on any atom is -0.497 e. The number of carbonyl (C=O) groups is 1. The van der Waals surface area contributed by atoms with Crippen molar-refractivity contribution in [3.8, 4) is 11.5 Å². The van der Waals surface area contributed by atoms with E-state index in [0.29, 0.717) is 22.7 Å². The van der Waals surface area contributed by atoms with Crippen molar-refractivity contribution in [1.82, 2.24) is 19.7 Å². The molecule has 8 nitrogen and oxygen atoms in total. The predicted molar refractivity (Wildman–Crippen MR) is 119 cm³/mol. The number of rotatable bonds is 9. The van der Waals surface area contributed by atoms with E-state index in [1.54, 1.807) is 7.11 Å². The number of methoxy groups -OCH3 is 1. The molecule has 0 saturated carbocycles. The van der Waals surface area contributed by atoms with Crippen molar-refractivity contribution < 1.29 is 14.3 Å². The number of ether oxygens (including phenoxy) is 2. The van der Waals surface area contributed by atoms with E-state index in [-0.39, 0.29) is 17.8 Å². The molecule has 0 aliphatic rings. The second-order valence-electron chi connectivity index (χ2n) is 6.52. The highest BCUT2D eigenvalue weighted by Crippen LogP contribution is 2.26. The van der Waals surface area contributed by atoms with Gasteiger partial charge in [-0.15, -0.1) is 21.5 Å². The Bertz CT molecular complexity index is 981. The lowest BCUT2D eigenvalue weighted by molar-refractivity contribution is -0.113. The van der Waals surface area contributed by atoms with E-state index in [4.69, 9.17) is 9.47 Å². The fourth-order valence-electron chi connectivity index (χ4n) is 2.73. The van der Waals surface area contributed by atoms with E-state index >= 15 is 0 Å². The van der Waals surface area contributed by atoms with Crippen LogP contribution in [0.1, 0.15) is 36.3 Å². The number of benzene rings is 1. The largest absolute Gasteiger partial charge is 0.497 e. The van der Waals surface area contributed by atoms with Gasteiger partial charge in [-0.25, -0.2) is 4.98 Å². The molecular weight excluding hydrogens is 422 g/mol. The highest BCUT2D eigenvalue weighted by molar-refractivity contribution is 7.99. The van der Waals surface area contributed by atoms with Crippen molar-refractivity contribution in [2.75, 3.05) is 18.2 Å². The standard InChI is InChI=1S/C20H25N5O3S2/c1-6-25-18(13(3)28-16-9-7-15(27-5)8-10-16)23-24-20(25)29-11-17(26)22-19-21-12(2)14(4)30-19/h7-10,13H,6,11H2,1-5H3,(H,21,22,26). The molecule has 0 saturated heterocycles. The molecule has 10 heteroatoms. The topological polar surface area (TPSA) is 91.2 Å². The summed E-state index contributed by atoms with van der Waals surface area (Å²) in [6.07, 6.45) is -0.296. The number of aryl methyl sites for hydroxylation is 2. The fourth-order valence-corrected chi connectivity index (χ4v) is 4.37. The third-order valence-electron chi connectivity index (χ3n) is 4.40. The fraction of sp³-hybridized carbons (Fsp3) is 0.400. The number of nitrogens with zero attached hydrogens (tertiary/aromatic N) is 4. The van der Waals surface area contributed by atoms with Gasteiger partial charge >= 0.3 is 0 Å². The quantitative estimate of drug-likeness (QED) is 0.490. The first-order chi connectivity index (χ1) is 14.4. The van der Waals surface area contributed by atoms with Gasteiger partial charge in [0.15, 0.2) is 22.2 Å². The summed E-state index contributed by atoms with van der Waals surface area (Å²) in [5.41, 5.74) is 0.934.